The van der Waals surface area contributed by atoms with Crippen molar-refractivity contribution in [1.29, 1.82) is 0 Å². The first kappa shape index (κ1) is 11.1. The summed E-state index contributed by atoms with van der Waals surface area (Å²) < 4.78 is 0. The molecule has 0 fully saturated rings. The number of nitrogens with zero attached hydrogens (tertiary/aromatic N) is 1. The Labute approximate surface area is 94.9 Å². The van der Waals surface area contributed by atoms with E-state index >= 15 is 0 Å². The maximum atomic E-state index is 12.0. The van der Waals surface area contributed by atoms with E-state index in [9.17, 15) is 9.90 Å². The highest BCUT2D eigenvalue weighted by atomic mass is 16.3. The molecule has 1 aliphatic heterocycles. The van der Waals surface area contributed by atoms with Gasteiger partial charge in [-0.15, -0.1) is 0 Å². The molecule has 1 atom stereocenters. The van der Waals surface area contributed by atoms with Crippen LogP contribution in [0.1, 0.15) is 12.0 Å². The lowest BCUT2D eigenvalue weighted by molar-refractivity contribution is -0.136. The van der Waals surface area contributed by atoms with Crippen LogP contribution in [0, 0.1) is 0 Å². The number of rotatable bonds is 3. The number of benzene rings is 1. The van der Waals surface area contributed by atoms with Crippen LogP contribution < -0.4 is 10.2 Å². The SMILES string of the molecule is CNCCC1(O)C(=O)N(C)c2ccccc21. The van der Waals surface area contributed by atoms with Gasteiger partial charge in [-0.05, 0) is 19.7 Å². The van der Waals surface area contributed by atoms with E-state index < -0.39 is 5.60 Å². The normalized spacial score (nSPS) is 23.7. The average Bonchev–Trinajstić information content (AvgIpc) is 2.51. The van der Waals surface area contributed by atoms with Gasteiger partial charge in [0.2, 0.25) is 0 Å². The topological polar surface area (TPSA) is 52.6 Å². The van der Waals surface area contributed by atoms with Crippen LogP contribution in [0.25, 0.3) is 0 Å². The second-order valence-electron chi connectivity index (χ2n) is 4.10. The molecule has 0 spiro atoms. The van der Waals surface area contributed by atoms with Crippen molar-refractivity contribution in [2.45, 2.75) is 12.0 Å². The van der Waals surface area contributed by atoms with Gasteiger partial charge in [0.05, 0.1) is 5.69 Å². The molecule has 2 N–H and O–H groups in total. The van der Waals surface area contributed by atoms with Gasteiger partial charge in [0.1, 0.15) is 0 Å². The molecular formula is C12H16N2O2. The minimum absolute atomic E-state index is 0.246. The van der Waals surface area contributed by atoms with Crippen LogP contribution in [0.2, 0.25) is 0 Å². The number of fused-ring (bicyclic) bond motifs is 1. The summed E-state index contributed by atoms with van der Waals surface area (Å²) in [5.41, 5.74) is 0.137. The molecule has 1 aromatic carbocycles. The molecule has 0 aliphatic carbocycles. The monoisotopic (exact) mass is 220 g/mol. The van der Waals surface area contributed by atoms with Crippen molar-refractivity contribution >= 4 is 11.6 Å². The van der Waals surface area contributed by atoms with Crippen LogP contribution >= 0.6 is 0 Å². The first-order chi connectivity index (χ1) is 7.61. The highest BCUT2D eigenvalue weighted by Crippen LogP contribution is 2.40. The Balaban J connectivity index is 2.43. The Kier molecular flexibility index (Phi) is 2.69. The molecule has 1 aliphatic rings. The molecule has 86 valence electrons. The number of carbonyl (C=O) groups is 1. The summed E-state index contributed by atoms with van der Waals surface area (Å²) in [6, 6.07) is 7.37. The van der Waals surface area contributed by atoms with E-state index in [1.54, 1.807) is 14.1 Å². The predicted octanol–water partition coefficient (Wildman–Crippen LogP) is 0.460. The van der Waals surface area contributed by atoms with E-state index in [-0.39, 0.29) is 5.91 Å². The molecule has 0 radical (unpaired) electrons. The molecule has 0 saturated carbocycles. The van der Waals surface area contributed by atoms with Crippen LogP contribution in [0.15, 0.2) is 24.3 Å². The summed E-state index contributed by atoms with van der Waals surface area (Å²) >= 11 is 0. The van der Waals surface area contributed by atoms with Crippen LogP contribution in [-0.4, -0.2) is 31.7 Å². The van der Waals surface area contributed by atoms with E-state index in [1.165, 1.54) is 4.90 Å². The van der Waals surface area contributed by atoms with Crippen molar-refractivity contribution < 1.29 is 9.90 Å². The van der Waals surface area contributed by atoms with Crippen molar-refractivity contribution in [3.63, 3.8) is 0 Å². The highest BCUT2D eigenvalue weighted by Gasteiger charge is 2.47. The number of amides is 1. The van der Waals surface area contributed by atoms with Crippen LogP contribution in [-0.2, 0) is 10.4 Å². The Bertz CT molecular complexity index is 419. The number of hydrogen-bond donors (Lipinski definition) is 2. The van der Waals surface area contributed by atoms with E-state index in [1.807, 2.05) is 24.3 Å². The van der Waals surface area contributed by atoms with Gasteiger partial charge in [-0.2, -0.15) is 0 Å². The average molecular weight is 220 g/mol. The number of likely N-dealkylation sites (N-methyl/N-ethyl adjacent to an activating group) is 1. The molecular weight excluding hydrogens is 204 g/mol. The van der Waals surface area contributed by atoms with Crippen LogP contribution in [0.5, 0.6) is 0 Å². The Morgan fingerprint density at radius 2 is 2.12 bits per heavy atom. The van der Waals surface area contributed by atoms with Gasteiger partial charge < -0.3 is 15.3 Å². The van der Waals surface area contributed by atoms with E-state index in [2.05, 4.69) is 5.32 Å². The third kappa shape index (κ3) is 1.42. The zero-order chi connectivity index (χ0) is 11.8. The summed E-state index contributed by atoms with van der Waals surface area (Å²) in [7, 11) is 3.50. The third-order valence-corrected chi connectivity index (χ3v) is 3.11. The van der Waals surface area contributed by atoms with Crippen molar-refractivity contribution in [3.8, 4) is 0 Å². The molecule has 1 unspecified atom stereocenters. The van der Waals surface area contributed by atoms with Gasteiger partial charge in [0.15, 0.2) is 5.60 Å². The minimum atomic E-state index is -1.37. The quantitative estimate of drug-likeness (QED) is 0.778. The van der Waals surface area contributed by atoms with E-state index in [4.69, 9.17) is 0 Å². The minimum Gasteiger partial charge on any atom is -0.375 e. The summed E-state index contributed by atoms with van der Waals surface area (Å²) in [6.07, 6.45) is 0.393. The first-order valence-electron chi connectivity index (χ1n) is 5.36. The maximum absolute atomic E-state index is 12.0. The third-order valence-electron chi connectivity index (χ3n) is 3.11. The Hall–Kier alpha value is -1.39. The van der Waals surface area contributed by atoms with Crippen molar-refractivity contribution in [3.05, 3.63) is 29.8 Å². The molecule has 4 heteroatoms. The summed E-state index contributed by atoms with van der Waals surface area (Å²) in [5, 5.41) is 13.4. The molecule has 2 rings (SSSR count). The van der Waals surface area contributed by atoms with Gasteiger partial charge in [0.25, 0.3) is 5.91 Å². The number of carbonyl (C=O) groups excluding carboxylic acids is 1. The van der Waals surface area contributed by atoms with E-state index in [0.717, 1.165) is 5.69 Å². The lowest BCUT2D eigenvalue weighted by Crippen LogP contribution is -2.40. The molecule has 1 aromatic rings. The molecule has 1 heterocycles. The van der Waals surface area contributed by atoms with Gasteiger partial charge in [-0.1, -0.05) is 18.2 Å². The molecule has 16 heavy (non-hydrogen) atoms. The maximum Gasteiger partial charge on any atom is 0.263 e. The van der Waals surface area contributed by atoms with Gasteiger partial charge in [-0.3, -0.25) is 4.79 Å². The smallest absolute Gasteiger partial charge is 0.263 e. The summed E-state index contributed by atoms with van der Waals surface area (Å²) in [6.45, 7) is 0.602. The summed E-state index contributed by atoms with van der Waals surface area (Å²) in [4.78, 5) is 13.6. The first-order valence-corrected chi connectivity index (χ1v) is 5.36. The predicted molar refractivity (Wildman–Crippen MR) is 62.3 cm³/mol. The molecule has 0 aromatic heterocycles. The highest BCUT2D eigenvalue weighted by molar-refractivity contribution is 6.06. The Morgan fingerprint density at radius 3 is 2.81 bits per heavy atom. The fourth-order valence-corrected chi connectivity index (χ4v) is 2.17. The lowest BCUT2D eigenvalue weighted by Gasteiger charge is -2.21. The number of nitrogens with one attached hydrogen (secondary N) is 1. The van der Waals surface area contributed by atoms with Gasteiger partial charge >= 0.3 is 0 Å². The second kappa shape index (κ2) is 3.88. The lowest BCUT2D eigenvalue weighted by atomic mass is 9.92. The molecule has 0 saturated heterocycles. The molecule has 0 bridgehead atoms. The second-order valence-corrected chi connectivity index (χ2v) is 4.10. The molecule has 4 nitrogen and oxygen atoms in total. The van der Waals surface area contributed by atoms with E-state index in [0.29, 0.717) is 18.5 Å². The zero-order valence-electron chi connectivity index (χ0n) is 9.53. The fourth-order valence-electron chi connectivity index (χ4n) is 2.17. The zero-order valence-corrected chi connectivity index (χ0v) is 9.53. The largest absolute Gasteiger partial charge is 0.375 e. The number of para-hydroxylation sites is 1. The number of anilines is 1. The van der Waals surface area contributed by atoms with Crippen molar-refractivity contribution in [2.75, 3.05) is 25.5 Å². The number of hydrogen-bond acceptors (Lipinski definition) is 3. The fraction of sp³-hybridized carbons (Fsp3) is 0.417. The van der Waals surface area contributed by atoms with Crippen molar-refractivity contribution in [1.82, 2.24) is 5.32 Å². The standard InChI is InChI=1S/C12H16N2O2/c1-13-8-7-12(16)9-5-3-4-6-10(9)14(2)11(12)15/h3-6,13,16H,7-8H2,1-2H3. The van der Waals surface area contributed by atoms with Crippen LogP contribution in [0.4, 0.5) is 5.69 Å². The van der Waals surface area contributed by atoms with Crippen molar-refractivity contribution in [2.24, 2.45) is 0 Å². The van der Waals surface area contributed by atoms with Gasteiger partial charge in [-0.25, -0.2) is 0 Å². The van der Waals surface area contributed by atoms with Crippen LogP contribution in [0.3, 0.4) is 0 Å². The Morgan fingerprint density at radius 1 is 1.44 bits per heavy atom. The van der Waals surface area contributed by atoms with Gasteiger partial charge in [0, 0.05) is 19.0 Å². The molecule has 1 amide bonds. The summed E-state index contributed by atoms with van der Waals surface area (Å²) in [5.74, 6) is -0.246. The number of aliphatic hydroxyl groups is 1.